The number of hydrogen-bond acceptors (Lipinski definition) is 3. The standard InChI is InChI=1S/C15H25NO4/c1-14(2,3)11-10(5-4-8-20-11)9-16-12(17)15(6-7-15)13(18)19/h10-11H,4-9H2,1-3H3,(H,16,17)(H,18,19)/t10-,11+/m0/s1. The maximum atomic E-state index is 12.0. The van der Waals surface area contributed by atoms with E-state index in [4.69, 9.17) is 9.84 Å². The van der Waals surface area contributed by atoms with Gasteiger partial charge in [-0.05, 0) is 31.1 Å². The molecule has 20 heavy (non-hydrogen) atoms. The van der Waals surface area contributed by atoms with E-state index in [0.717, 1.165) is 19.4 Å². The van der Waals surface area contributed by atoms with Gasteiger partial charge in [0.15, 0.2) is 0 Å². The summed E-state index contributed by atoms with van der Waals surface area (Å²) in [5.41, 5.74) is -1.12. The van der Waals surface area contributed by atoms with Crippen molar-refractivity contribution in [2.24, 2.45) is 16.7 Å². The molecule has 2 rings (SSSR count). The van der Waals surface area contributed by atoms with Crippen LogP contribution in [-0.4, -0.2) is 36.2 Å². The third-order valence-electron chi connectivity index (χ3n) is 4.42. The lowest BCUT2D eigenvalue weighted by Crippen LogP contribution is -2.47. The van der Waals surface area contributed by atoms with Gasteiger partial charge in [-0.2, -0.15) is 0 Å². The van der Waals surface area contributed by atoms with E-state index in [1.807, 2.05) is 0 Å². The second-order valence-corrected chi connectivity index (χ2v) is 7.16. The highest BCUT2D eigenvalue weighted by Gasteiger charge is 2.57. The van der Waals surface area contributed by atoms with Gasteiger partial charge in [-0.25, -0.2) is 0 Å². The zero-order chi connectivity index (χ0) is 15.0. The number of carboxylic acid groups (broad SMARTS) is 1. The van der Waals surface area contributed by atoms with Crippen LogP contribution in [0.25, 0.3) is 0 Å². The molecular formula is C15H25NO4. The molecule has 0 unspecified atom stereocenters. The van der Waals surface area contributed by atoms with Crippen molar-refractivity contribution < 1.29 is 19.4 Å². The summed E-state index contributed by atoms with van der Waals surface area (Å²) in [4.78, 5) is 23.1. The van der Waals surface area contributed by atoms with E-state index in [1.165, 1.54) is 0 Å². The van der Waals surface area contributed by atoms with E-state index in [-0.39, 0.29) is 23.3 Å². The summed E-state index contributed by atoms with van der Waals surface area (Å²) in [6, 6.07) is 0. The predicted octanol–water partition coefficient (Wildman–Crippen LogP) is 1.81. The summed E-state index contributed by atoms with van der Waals surface area (Å²) in [6.45, 7) is 7.69. The molecule has 0 bridgehead atoms. The molecule has 1 saturated heterocycles. The van der Waals surface area contributed by atoms with Gasteiger partial charge in [-0.15, -0.1) is 0 Å². The number of carbonyl (C=O) groups is 2. The van der Waals surface area contributed by atoms with E-state index in [9.17, 15) is 9.59 Å². The van der Waals surface area contributed by atoms with E-state index in [0.29, 0.717) is 19.4 Å². The Morgan fingerprint density at radius 1 is 1.35 bits per heavy atom. The average molecular weight is 283 g/mol. The highest BCUT2D eigenvalue weighted by Crippen LogP contribution is 2.46. The van der Waals surface area contributed by atoms with Crippen LogP contribution in [0.4, 0.5) is 0 Å². The molecule has 0 radical (unpaired) electrons. The molecule has 2 N–H and O–H groups in total. The van der Waals surface area contributed by atoms with Gasteiger partial charge in [-0.1, -0.05) is 20.8 Å². The van der Waals surface area contributed by atoms with Crippen molar-refractivity contribution in [3.63, 3.8) is 0 Å². The first-order valence-corrected chi connectivity index (χ1v) is 7.41. The molecule has 0 spiro atoms. The third-order valence-corrected chi connectivity index (χ3v) is 4.42. The minimum Gasteiger partial charge on any atom is -0.480 e. The summed E-state index contributed by atoms with van der Waals surface area (Å²) in [5, 5.41) is 11.9. The van der Waals surface area contributed by atoms with Crippen molar-refractivity contribution in [3.8, 4) is 0 Å². The number of carbonyl (C=O) groups excluding carboxylic acids is 1. The number of rotatable bonds is 4. The van der Waals surface area contributed by atoms with Gasteiger partial charge in [0, 0.05) is 19.1 Å². The fourth-order valence-corrected chi connectivity index (χ4v) is 3.07. The molecule has 5 heteroatoms. The topological polar surface area (TPSA) is 75.6 Å². The maximum Gasteiger partial charge on any atom is 0.319 e. The molecule has 1 aliphatic heterocycles. The van der Waals surface area contributed by atoms with Crippen molar-refractivity contribution in [2.45, 2.75) is 52.6 Å². The number of nitrogens with one attached hydrogen (secondary N) is 1. The first kappa shape index (κ1) is 15.3. The van der Waals surface area contributed by atoms with Gasteiger partial charge in [0.05, 0.1) is 6.10 Å². The van der Waals surface area contributed by atoms with Crippen LogP contribution in [0, 0.1) is 16.7 Å². The first-order chi connectivity index (χ1) is 9.27. The SMILES string of the molecule is CC(C)(C)[C@@H]1OCCC[C@H]1CNC(=O)C1(C(=O)O)CC1. The molecule has 0 aromatic rings. The third kappa shape index (κ3) is 2.97. The Kier molecular flexibility index (Phi) is 4.09. The van der Waals surface area contributed by atoms with Crippen molar-refractivity contribution in [3.05, 3.63) is 0 Å². The van der Waals surface area contributed by atoms with Gasteiger partial charge in [0.25, 0.3) is 0 Å². The molecular weight excluding hydrogens is 258 g/mol. The zero-order valence-electron chi connectivity index (χ0n) is 12.6. The zero-order valence-corrected chi connectivity index (χ0v) is 12.6. The van der Waals surface area contributed by atoms with Crippen LogP contribution in [0.2, 0.25) is 0 Å². The van der Waals surface area contributed by atoms with Gasteiger partial charge in [0.1, 0.15) is 5.41 Å². The van der Waals surface area contributed by atoms with Gasteiger partial charge >= 0.3 is 5.97 Å². The Bertz CT molecular complexity index is 395. The molecule has 1 amide bonds. The number of ether oxygens (including phenoxy) is 1. The molecule has 0 aromatic heterocycles. The lowest BCUT2D eigenvalue weighted by atomic mass is 9.78. The van der Waals surface area contributed by atoms with Gasteiger partial charge < -0.3 is 15.2 Å². The number of aliphatic carboxylic acids is 1. The highest BCUT2D eigenvalue weighted by molar-refractivity contribution is 6.04. The molecule has 5 nitrogen and oxygen atoms in total. The van der Waals surface area contributed by atoms with Crippen LogP contribution in [0.3, 0.4) is 0 Å². The molecule has 1 saturated carbocycles. The van der Waals surface area contributed by atoms with Crippen LogP contribution < -0.4 is 5.32 Å². The predicted molar refractivity (Wildman–Crippen MR) is 74.2 cm³/mol. The van der Waals surface area contributed by atoms with Crippen molar-refractivity contribution in [2.75, 3.05) is 13.2 Å². The quantitative estimate of drug-likeness (QED) is 0.772. The molecule has 2 fully saturated rings. The molecule has 2 aliphatic rings. The Morgan fingerprint density at radius 3 is 2.50 bits per heavy atom. The van der Waals surface area contributed by atoms with Crippen molar-refractivity contribution >= 4 is 11.9 Å². The Labute approximate surface area is 120 Å². The average Bonchev–Trinajstić information content (AvgIpc) is 3.16. The lowest BCUT2D eigenvalue weighted by Gasteiger charge is -2.40. The lowest BCUT2D eigenvalue weighted by molar-refractivity contribution is -0.149. The minimum absolute atomic E-state index is 0.0277. The normalized spacial score (nSPS) is 28.8. The minimum atomic E-state index is -1.15. The van der Waals surface area contributed by atoms with Gasteiger partial charge in [0.2, 0.25) is 5.91 Å². The second kappa shape index (κ2) is 5.35. The number of carboxylic acids is 1. The van der Waals surface area contributed by atoms with Crippen LogP contribution in [0.1, 0.15) is 46.5 Å². The van der Waals surface area contributed by atoms with Crippen LogP contribution in [0.15, 0.2) is 0 Å². The first-order valence-electron chi connectivity index (χ1n) is 7.41. The molecule has 1 heterocycles. The van der Waals surface area contributed by atoms with Crippen molar-refractivity contribution in [1.29, 1.82) is 0 Å². The fourth-order valence-electron chi connectivity index (χ4n) is 3.07. The summed E-state index contributed by atoms with van der Waals surface area (Å²) >= 11 is 0. The highest BCUT2D eigenvalue weighted by atomic mass is 16.5. The fraction of sp³-hybridized carbons (Fsp3) is 0.867. The molecule has 0 aromatic carbocycles. The van der Waals surface area contributed by atoms with E-state index in [1.54, 1.807) is 0 Å². The molecule has 2 atom stereocenters. The summed E-state index contributed by atoms with van der Waals surface area (Å²) in [6.07, 6.45) is 3.03. The van der Waals surface area contributed by atoms with E-state index >= 15 is 0 Å². The van der Waals surface area contributed by atoms with Crippen LogP contribution in [-0.2, 0) is 14.3 Å². The summed E-state index contributed by atoms with van der Waals surface area (Å²) in [5.74, 6) is -1.07. The number of amides is 1. The van der Waals surface area contributed by atoms with Crippen molar-refractivity contribution in [1.82, 2.24) is 5.32 Å². The number of hydrogen-bond donors (Lipinski definition) is 2. The monoisotopic (exact) mass is 283 g/mol. The largest absolute Gasteiger partial charge is 0.480 e. The molecule has 1 aliphatic carbocycles. The van der Waals surface area contributed by atoms with Crippen LogP contribution in [0.5, 0.6) is 0 Å². The van der Waals surface area contributed by atoms with Gasteiger partial charge in [-0.3, -0.25) is 9.59 Å². The Morgan fingerprint density at radius 2 is 2.00 bits per heavy atom. The van der Waals surface area contributed by atoms with E-state index < -0.39 is 11.4 Å². The maximum absolute atomic E-state index is 12.0. The Hall–Kier alpha value is -1.10. The molecule has 114 valence electrons. The smallest absolute Gasteiger partial charge is 0.319 e. The van der Waals surface area contributed by atoms with E-state index in [2.05, 4.69) is 26.1 Å². The summed E-state index contributed by atoms with van der Waals surface area (Å²) < 4.78 is 5.87. The summed E-state index contributed by atoms with van der Waals surface area (Å²) in [7, 11) is 0. The van der Waals surface area contributed by atoms with Crippen LogP contribution >= 0.6 is 0 Å². The second-order valence-electron chi connectivity index (χ2n) is 7.16. The Balaban J connectivity index is 1.92.